The largest absolute Gasteiger partial charge is 0.493 e. The van der Waals surface area contributed by atoms with E-state index in [0.717, 1.165) is 11.1 Å². The molecule has 0 radical (unpaired) electrons. The van der Waals surface area contributed by atoms with E-state index < -0.39 is 0 Å². The number of methoxy groups -OCH3 is 1. The minimum Gasteiger partial charge on any atom is -0.493 e. The Morgan fingerprint density at radius 1 is 0.886 bits per heavy atom. The predicted octanol–water partition coefficient (Wildman–Crippen LogP) is 5.86. The second-order valence-corrected chi connectivity index (χ2v) is 8.88. The van der Waals surface area contributed by atoms with Crippen LogP contribution in [0.25, 0.3) is 0 Å². The third kappa shape index (κ3) is 6.28. The minimum absolute atomic E-state index is 0.121. The van der Waals surface area contributed by atoms with Gasteiger partial charge in [0.1, 0.15) is 6.61 Å². The maximum Gasteiger partial charge on any atom is 0.265 e. The van der Waals surface area contributed by atoms with Gasteiger partial charge in [0.2, 0.25) is 0 Å². The van der Waals surface area contributed by atoms with Gasteiger partial charge in [-0.25, -0.2) is 0 Å². The Balaban J connectivity index is 1.36. The first-order chi connectivity index (χ1) is 17.0. The smallest absolute Gasteiger partial charge is 0.265 e. The number of ether oxygens (including phenoxy) is 2. The van der Waals surface area contributed by atoms with Gasteiger partial charge in [-0.05, 0) is 59.0 Å². The number of nitrogens with one attached hydrogen (secondary N) is 1. The molecule has 1 aromatic heterocycles. The Labute approximate surface area is 208 Å². The maximum absolute atomic E-state index is 12.9. The molecule has 7 heteroatoms. The summed E-state index contributed by atoms with van der Waals surface area (Å²) in [5.74, 6) is 0.977. The number of hydrogen-bond donors (Lipinski definition) is 1. The van der Waals surface area contributed by atoms with Gasteiger partial charge in [0, 0.05) is 24.8 Å². The number of rotatable bonds is 9. The van der Waals surface area contributed by atoms with Crippen molar-refractivity contribution >= 4 is 28.8 Å². The molecule has 0 atom stereocenters. The van der Waals surface area contributed by atoms with Crippen molar-refractivity contribution in [2.75, 3.05) is 19.5 Å². The average Bonchev–Trinajstić information content (AvgIpc) is 3.44. The van der Waals surface area contributed by atoms with Crippen molar-refractivity contribution in [3.05, 3.63) is 112 Å². The van der Waals surface area contributed by atoms with E-state index in [4.69, 9.17) is 9.47 Å². The monoisotopic (exact) mass is 486 g/mol. The average molecular weight is 487 g/mol. The van der Waals surface area contributed by atoms with Gasteiger partial charge in [0.25, 0.3) is 11.8 Å². The Hall–Kier alpha value is -4.10. The van der Waals surface area contributed by atoms with Crippen molar-refractivity contribution in [3.63, 3.8) is 0 Å². The zero-order valence-electron chi connectivity index (χ0n) is 19.6. The highest BCUT2D eigenvalue weighted by Crippen LogP contribution is 2.29. The number of hydrogen-bond acceptors (Lipinski definition) is 5. The fourth-order valence-electron chi connectivity index (χ4n) is 3.53. The van der Waals surface area contributed by atoms with Crippen molar-refractivity contribution in [1.82, 2.24) is 4.90 Å². The van der Waals surface area contributed by atoms with Crippen LogP contribution in [-0.2, 0) is 13.2 Å². The van der Waals surface area contributed by atoms with Crippen LogP contribution in [0.3, 0.4) is 0 Å². The summed E-state index contributed by atoms with van der Waals surface area (Å²) >= 11 is 1.38. The maximum atomic E-state index is 12.9. The van der Waals surface area contributed by atoms with Crippen molar-refractivity contribution in [2.24, 2.45) is 0 Å². The number of carbonyl (C=O) groups excluding carboxylic acids is 2. The standard InChI is InChI=1S/C28H26N2O4S/c1-30(28(32)22-11-13-23(14-12-22)29-27(31)26-9-6-16-35-26)18-21-10-15-24(25(17-21)33-2)34-19-20-7-4-3-5-8-20/h3-17H,18-19H2,1-2H3,(H,29,31). The van der Waals surface area contributed by atoms with Gasteiger partial charge in [0.05, 0.1) is 12.0 Å². The highest BCUT2D eigenvalue weighted by atomic mass is 32.1. The quantitative estimate of drug-likeness (QED) is 0.322. The topological polar surface area (TPSA) is 67.9 Å². The van der Waals surface area contributed by atoms with Crippen LogP contribution in [0.1, 0.15) is 31.2 Å². The van der Waals surface area contributed by atoms with Crippen LogP contribution >= 0.6 is 11.3 Å². The third-order valence-corrected chi connectivity index (χ3v) is 6.23. The van der Waals surface area contributed by atoms with E-state index >= 15 is 0 Å². The van der Waals surface area contributed by atoms with E-state index in [2.05, 4.69) is 5.32 Å². The van der Waals surface area contributed by atoms with Gasteiger partial charge < -0.3 is 19.7 Å². The van der Waals surface area contributed by atoms with E-state index in [0.29, 0.717) is 40.8 Å². The van der Waals surface area contributed by atoms with Crippen LogP contribution in [0.4, 0.5) is 5.69 Å². The molecule has 178 valence electrons. The van der Waals surface area contributed by atoms with E-state index in [1.165, 1.54) is 11.3 Å². The molecule has 35 heavy (non-hydrogen) atoms. The predicted molar refractivity (Wildman–Crippen MR) is 138 cm³/mol. The van der Waals surface area contributed by atoms with Crippen molar-refractivity contribution < 1.29 is 19.1 Å². The second-order valence-electron chi connectivity index (χ2n) is 7.93. The van der Waals surface area contributed by atoms with Gasteiger partial charge in [-0.2, -0.15) is 0 Å². The molecule has 0 bridgehead atoms. The molecule has 4 rings (SSSR count). The lowest BCUT2D eigenvalue weighted by Gasteiger charge is -2.19. The molecule has 0 spiro atoms. The molecule has 6 nitrogen and oxygen atoms in total. The number of carbonyl (C=O) groups is 2. The fourth-order valence-corrected chi connectivity index (χ4v) is 4.15. The Kier molecular flexibility index (Phi) is 7.80. The summed E-state index contributed by atoms with van der Waals surface area (Å²) in [7, 11) is 3.35. The molecular weight excluding hydrogens is 460 g/mol. The highest BCUT2D eigenvalue weighted by molar-refractivity contribution is 7.12. The molecule has 0 fully saturated rings. The van der Waals surface area contributed by atoms with E-state index in [-0.39, 0.29) is 11.8 Å². The molecule has 1 N–H and O–H groups in total. The zero-order valence-corrected chi connectivity index (χ0v) is 20.4. The molecule has 1 heterocycles. The number of amides is 2. The Morgan fingerprint density at radius 2 is 1.66 bits per heavy atom. The first-order valence-corrected chi connectivity index (χ1v) is 12.0. The second kappa shape index (κ2) is 11.4. The Bertz CT molecular complexity index is 1270. The molecule has 0 aliphatic heterocycles. The lowest BCUT2D eigenvalue weighted by Crippen LogP contribution is -2.26. The molecule has 2 amide bonds. The van der Waals surface area contributed by atoms with Crippen molar-refractivity contribution in [3.8, 4) is 11.5 Å². The lowest BCUT2D eigenvalue weighted by atomic mass is 10.1. The van der Waals surface area contributed by atoms with E-state index in [1.807, 2.05) is 60.0 Å². The van der Waals surface area contributed by atoms with Crippen LogP contribution in [0.15, 0.2) is 90.3 Å². The lowest BCUT2D eigenvalue weighted by molar-refractivity contribution is 0.0785. The van der Waals surface area contributed by atoms with Crippen LogP contribution in [0, 0.1) is 0 Å². The van der Waals surface area contributed by atoms with E-state index in [9.17, 15) is 9.59 Å². The van der Waals surface area contributed by atoms with Crippen molar-refractivity contribution in [2.45, 2.75) is 13.2 Å². The number of thiophene rings is 1. The molecule has 0 aliphatic rings. The van der Waals surface area contributed by atoms with Crippen LogP contribution in [-0.4, -0.2) is 30.9 Å². The Morgan fingerprint density at radius 3 is 2.34 bits per heavy atom. The summed E-state index contributed by atoms with van der Waals surface area (Å²) in [6.07, 6.45) is 0. The molecule has 3 aromatic carbocycles. The SMILES string of the molecule is COc1cc(CN(C)C(=O)c2ccc(NC(=O)c3cccs3)cc2)ccc1OCc1ccccc1. The number of nitrogens with zero attached hydrogens (tertiary/aromatic N) is 1. The van der Waals surface area contributed by atoms with Gasteiger partial charge in [-0.3, -0.25) is 9.59 Å². The number of benzene rings is 3. The molecule has 0 unspecified atom stereocenters. The summed E-state index contributed by atoms with van der Waals surface area (Å²) in [6.45, 7) is 0.851. The minimum atomic E-state index is -0.165. The van der Waals surface area contributed by atoms with Crippen molar-refractivity contribution in [1.29, 1.82) is 0 Å². The first kappa shape index (κ1) is 24.0. The molecule has 0 aliphatic carbocycles. The summed E-state index contributed by atoms with van der Waals surface area (Å²) in [5.41, 5.74) is 3.17. The van der Waals surface area contributed by atoms with Crippen LogP contribution in [0.2, 0.25) is 0 Å². The van der Waals surface area contributed by atoms with Gasteiger partial charge in [-0.1, -0.05) is 42.5 Å². The molecule has 4 aromatic rings. The normalized spacial score (nSPS) is 10.5. The first-order valence-electron chi connectivity index (χ1n) is 11.1. The molecule has 0 saturated heterocycles. The van der Waals surface area contributed by atoms with Gasteiger partial charge in [0.15, 0.2) is 11.5 Å². The summed E-state index contributed by atoms with van der Waals surface area (Å²) in [5, 5.41) is 4.69. The number of anilines is 1. The summed E-state index contributed by atoms with van der Waals surface area (Å²) in [6, 6.07) is 26.1. The molecular formula is C28H26N2O4S. The third-order valence-electron chi connectivity index (χ3n) is 5.37. The van der Waals surface area contributed by atoms with Gasteiger partial charge in [-0.15, -0.1) is 11.3 Å². The van der Waals surface area contributed by atoms with Gasteiger partial charge >= 0.3 is 0 Å². The van der Waals surface area contributed by atoms with Crippen LogP contribution < -0.4 is 14.8 Å². The summed E-state index contributed by atoms with van der Waals surface area (Å²) < 4.78 is 11.4. The van der Waals surface area contributed by atoms with Crippen LogP contribution in [0.5, 0.6) is 11.5 Å². The fraction of sp³-hybridized carbons (Fsp3) is 0.143. The zero-order chi connectivity index (χ0) is 24.6. The highest BCUT2D eigenvalue weighted by Gasteiger charge is 2.15. The molecule has 0 saturated carbocycles. The van der Waals surface area contributed by atoms with E-state index in [1.54, 1.807) is 49.4 Å². The summed E-state index contributed by atoms with van der Waals surface area (Å²) in [4.78, 5) is 27.4.